The number of aromatic nitrogens is 2. The third-order valence-electron chi connectivity index (χ3n) is 4.95. The number of nitrogens with one attached hydrogen (secondary N) is 1. The molecule has 0 fully saturated rings. The van der Waals surface area contributed by atoms with Gasteiger partial charge in [0, 0.05) is 18.2 Å². The Kier molecular flexibility index (Phi) is 9.32. The molecule has 0 bridgehead atoms. The maximum absolute atomic E-state index is 14.4. The van der Waals surface area contributed by atoms with Gasteiger partial charge in [0.1, 0.15) is 12.4 Å². The van der Waals surface area contributed by atoms with Crippen molar-refractivity contribution in [3.8, 4) is 17.2 Å². The van der Waals surface area contributed by atoms with E-state index in [1.165, 1.54) is 44.6 Å². The number of hydrogen-bond acceptors (Lipinski definition) is 8. The molecule has 192 valence electrons. The number of hydrogen-bond donors (Lipinski definition) is 1. The molecule has 3 aromatic rings. The van der Waals surface area contributed by atoms with Gasteiger partial charge in [0.15, 0.2) is 28.9 Å². The van der Waals surface area contributed by atoms with Gasteiger partial charge < -0.3 is 24.3 Å². The van der Waals surface area contributed by atoms with Crippen LogP contribution in [0.15, 0.2) is 36.7 Å². The Hall–Kier alpha value is -4.02. The maximum atomic E-state index is 14.4. The van der Waals surface area contributed by atoms with Crippen molar-refractivity contribution in [3.05, 3.63) is 65.2 Å². The molecule has 8 nitrogen and oxygen atoms in total. The molecule has 0 radical (unpaired) electrons. The zero-order chi connectivity index (χ0) is 26.1. The van der Waals surface area contributed by atoms with Gasteiger partial charge in [-0.25, -0.2) is 23.1 Å². The van der Waals surface area contributed by atoms with Crippen molar-refractivity contribution in [2.75, 3.05) is 25.6 Å². The van der Waals surface area contributed by atoms with Crippen LogP contribution >= 0.6 is 0 Å². The molecule has 1 heterocycles. The summed E-state index contributed by atoms with van der Waals surface area (Å²) < 4.78 is 63.6. The minimum Gasteiger partial charge on any atom is -0.494 e. The van der Waals surface area contributed by atoms with Crippen molar-refractivity contribution in [1.29, 1.82) is 0 Å². The highest BCUT2D eigenvalue weighted by molar-refractivity contribution is 5.69. The molecule has 3 rings (SSSR count). The number of methoxy groups -OCH3 is 1. The van der Waals surface area contributed by atoms with Crippen LogP contribution in [0, 0.1) is 24.4 Å². The fourth-order valence-electron chi connectivity index (χ4n) is 3.15. The van der Waals surface area contributed by atoms with Gasteiger partial charge in [-0.2, -0.15) is 0 Å². The van der Waals surface area contributed by atoms with Gasteiger partial charge in [0.2, 0.25) is 5.95 Å². The Balaban J connectivity index is 1.54. The Morgan fingerprint density at radius 2 is 1.78 bits per heavy atom. The van der Waals surface area contributed by atoms with E-state index in [4.69, 9.17) is 18.9 Å². The molecule has 1 N–H and O–H groups in total. The number of aryl methyl sites for hydroxylation is 1. The summed E-state index contributed by atoms with van der Waals surface area (Å²) in [6.45, 7) is 3.31. The monoisotopic (exact) mass is 505 g/mol. The van der Waals surface area contributed by atoms with Crippen LogP contribution in [0.25, 0.3) is 0 Å². The smallest absolute Gasteiger partial charge is 0.305 e. The Bertz CT molecular complexity index is 1190. The van der Waals surface area contributed by atoms with Crippen molar-refractivity contribution < 1.29 is 36.9 Å². The van der Waals surface area contributed by atoms with Crippen LogP contribution in [0.2, 0.25) is 0 Å². The highest BCUT2D eigenvalue weighted by atomic mass is 19.1. The average Bonchev–Trinajstić information content (AvgIpc) is 2.86. The Morgan fingerprint density at radius 3 is 2.44 bits per heavy atom. The Labute approximate surface area is 206 Å². The van der Waals surface area contributed by atoms with E-state index in [2.05, 4.69) is 15.3 Å². The number of nitrogens with zero attached hydrogens (tertiary/aromatic N) is 2. The standard InChI is InChI=1S/C25H26F3N3O5/c1-4-34-22(32)6-5-9-35-20-8-7-16(11-19(20)26)31-25-29-12-17(13-30-25)36-14-18-23(27)15(2)10-21(33-3)24(18)28/h7-8,10-13H,4-6,9,14H2,1-3H3,(H,29,30,31). The molecular weight excluding hydrogens is 479 g/mol. The van der Waals surface area contributed by atoms with Gasteiger partial charge >= 0.3 is 5.97 Å². The van der Waals surface area contributed by atoms with Crippen molar-refractivity contribution in [3.63, 3.8) is 0 Å². The third kappa shape index (κ3) is 7.00. The van der Waals surface area contributed by atoms with Gasteiger partial charge in [0.05, 0.1) is 38.3 Å². The SMILES string of the molecule is CCOC(=O)CCCOc1ccc(Nc2ncc(OCc3c(F)c(C)cc(OC)c3F)cn2)cc1F. The lowest BCUT2D eigenvalue weighted by Gasteiger charge is -2.12. The summed E-state index contributed by atoms with van der Waals surface area (Å²) in [5.41, 5.74) is 0.326. The fourth-order valence-corrected chi connectivity index (χ4v) is 3.15. The predicted octanol–water partition coefficient (Wildman–Crippen LogP) is 5.26. The molecular formula is C25H26F3N3O5. The summed E-state index contributed by atoms with van der Waals surface area (Å²) in [5, 5.41) is 2.84. The van der Waals surface area contributed by atoms with Gasteiger partial charge in [-0.05, 0) is 44.0 Å². The van der Waals surface area contributed by atoms with E-state index < -0.39 is 24.1 Å². The van der Waals surface area contributed by atoms with Gasteiger partial charge in [-0.1, -0.05) is 0 Å². The zero-order valence-electron chi connectivity index (χ0n) is 20.1. The molecule has 1 aromatic heterocycles. The largest absolute Gasteiger partial charge is 0.494 e. The van der Waals surface area contributed by atoms with Crippen LogP contribution in [-0.2, 0) is 16.1 Å². The second-order valence-electron chi connectivity index (χ2n) is 7.56. The first-order valence-electron chi connectivity index (χ1n) is 11.1. The summed E-state index contributed by atoms with van der Waals surface area (Å²) in [6.07, 6.45) is 3.22. The second-order valence-corrected chi connectivity index (χ2v) is 7.56. The van der Waals surface area contributed by atoms with Crippen LogP contribution < -0.4 is 19.5 Å². The first-order valence-corrected chi connectivity index (χ1v) is 11.1. The summed E-state index contributed by atoms with van der Waals surface area (Å²) in [6, 6.07) is 5.50. The summed E-state index contributed by atoms with van der Waals surface area (Å²) in [5.74, 6) is -2.20. The molecule has 0 saturated heterocycles. The zero-order valence-corrected chi connectivity index (χ0v) is 20.1. The van der Waals surface area contributed by atoms with Gasteiger partial charge in [-0.3, -0.25) is 4.79 Å². The minimum atomic E-state index is -0.840. The van der Waals surface area contributed by atoms with E-state index in [1.807, 2.05) is 0 Å². The molecule has 11 heteroatoms. The lowest BCUT2D eigenvalue weighted by Crippen LogP contribution is -2.07. The van der Waals surface area contributed by atoms with E-state index in [-0.39, 0.29) is 53.3 Å². The molecule has 0 atom stereocenters. The molecule has 0 aliphatic rings. The summed E-state index contributed by atoms with van der Waals surface area (Å²) in [4.78, 5) is 19.5. The highest BCUT2D eigenvalue weighted by Crippen LogP contribution is 2.27. The van der Waals surface area contributed by atoms with Crippen LogP contribution in [0.1, 0.15) is 30.9 Å². The number of benzene rings is 2. The van der Waals surface area contributed by atoms with Gasteiger partial charge in [0.25, 0.3) is 0 Å². The number of carbonyl (C=O) groups excluding carboxylic acids is 1. The van der Waals surface area contributed by atoms with Crippen LogP contribution in [0.4, 0.5) is 24.8 Å². The highest BCUT2D eigenvalue weighted by Gasteiger charge is 2.18. The number of rotatable bonds is 12. The first kappa shape index (κ1) is 26.6. The van der Waals surface area contributed by atoms with Crippen molar-refractivity contribution in [1.82, 2.24) is 9.97 Å². The van der Waals surface area contributed by atoms with Crippen molar-refractivity contribution in [2.45, 2.75) is 33.3 Å². The summed E-state index contributed by atoms with van der Waals surface area (Å²) in [7, 11) is 1.29. The number of carbonyl (C=O) groups is 1. The first-order chi connectivity index (χ1) is 17.3. The quantitative estimate of drug-likeness (QED) is 0.263. The van der Waals surface area contributed by atoms with Gasteiger partial charge in [-0.15, -0.1) is 0 Å². The number of anilines is 2. The van der Waals surface area contributed by atoms with Crippen LogP contribution in [0.3, 0.4) is 0 Å². The number of halogens is 3. The second kappa shape index (κ2) is 12.6. The Morgan fingerprint density at radius 1 is 1.03 bits per heavy atom. The third-order valence-corrected chi connectivity index (χ3v) is 4.95. The fraction of sp³-hybridized carbons (Fsp3) is 0.320. The maximum Gasteiger partial charge on any atom is 0.305 e. The predicted molar refractivity (Wildman–Crippen MR) is 125 cm³/mol. The average molecular weight is 505 g/mol. The minimum absolute atomic E-state index is 0.0429. The van der Waals surface area contributed by atoms with Crippen LogP contribution in [-0.4, -0.2) is 36.3 Å². The summed E-state index contributed by atoms with van der Waals surface area (Å²) >= 11 is 0. The van der Waals surface area contributed by atoms with Crippen molar-refractivity contribution in [2.24, 2.45) is 0 Å². The normalized spacial score (nSPS) is 10.6. The lowest BCUT2D eigenvalue weighted by atomic mass is 10.1. The molecule has 0 saturated carbocycles. The number of esters is 1. The van der Waals surface area contributed by atoms with E-state index in [9.17, 15) is 18.0 Å². The lowest BCUT2D eigenvalue weighted by molar-refractivity contribution is -0.143. The van der Waals surface area contributed by atoms with E-state index in [1.54, 1.807) is 13.0 Å². The molecule has 0 amide bonds. The molecule has 2 aromatic carbocycles. The molecule has 0 spiro atoms. The molecule has 0 aliphatic heterocycles. The topological polar surface area (TPSA) is 91.8 Å². The van der Waals surface area contributed by atoms with Crippen molar-refractivity contribution >= 4 is 17.6 Å². The number of ether oxygens (including phenoxy) is 4. The molecule has 0 unspecified atom stereocenters. The molecule has 36 heavy (non-hydrogen) atoms. The molecule has 0 aliphatic carbocycles. The van der Waals surface area contributed by atoms with Crippen LogP contribution in [0.5, 0.6) is 17.2 Å². The van der Waals surface area contributed by atoms with E-state index in [0.29, 0.717) is 18.7 Å². The van der Waals surface area contributed by atoms with E-state index in [0.717, 1.165) is 0 Å². The van der Waals surface area contributed by atoms with E-state index >= 15 is 0 Å².